The molecule has 0 aliphatic rings. The average Bonchev–Trinajstić information content (AvgIpc) is 2.18. The van der Waals surface area contributed by atoms with Crippen molar-refractivity contribution in [3.8, 4) is 0 Å². The predicted molar refractivity (Wildman–Crippen MR) is 62.8 cm³/mol. The number of esters is 1. The van der Waals surface area contributed by atoms with Crippen molar-refractivity contribution in [3.63, 3.8) is 0 Å². The second-order valence-electron chi connectivity index (χ2n) is 2.87. The summed E-state index contributed by atoms with van der Waals surface area (Å²) in [5, 5.41) is 0. The van der Waals surface area contributed by atoms with Crippen molar-refractivity contribution in [3.05, 3.63) is 32.9 Å². The number of rotatable bonds is 3. The Morgan fingerprint density at radius 2 is 2.21 bits per heavy atom. The Morgan fingerprint density at radius 3 is 2.79 bits per heavy atom. The zero-order chi connectivity index (χ0) is 10.6. The molecule has 0 spiro atoms. The van der Waals surface area contributed by atoms with E-state index in [1.54, 1.807) is 0 Å². The smallest absolute Gasteiger partial charge is 0.309 e. The summed E-state index contributed by atoms with van der Waals surface area (Å²) in [5.41, 5.74) is 7.51. The van der Waals surface area contributed by atoms with Gasteiger partial charge in [0.05, 0.1) is 13.5 Å². The molecule has 2 N–H and O–H groups in total. The maximum Gasteiger partial charge on any atom is 0.309 e. The number of carbonyl (C=O) groups is 1. The molecule has 3 nitrogen and oxygen atoms in total. The van der Waals surface area contributed by atoms with Crippen LogP contribution in [0.15, 0.2) is 18.2 Å². The third-order valence-corrected chi connectivity index (χ3v) is 2.62. The molecule has 1 aromatic carbocycles. The van der Waals surface area contributed by atoms with E-state index >= 15 is 0 Å². The predicted octanol–water partition coefficient (Wildman–Crippen LogP) is 1.47. The van der Waals surface area contributed by atoms with E-state index in [4.69, 9.17) is 5.73 Å². The minimum absolute atomic E-state index is 0.235. The third kappa shape index (κ3) is 2.95. The molecular formula is C10H12INO2. The minimum Gasteiger partial charge on any atom is -0.469 e. The first-order chi connectivity index (χ1) is 6.67. The quantitative estimate of drug-likeness (QED) is 0.679. The number of benzene rings is 1. The summed E-state index contributed by atoms with van der Waals surface area (Å²) in [6.45, 7) is 0.448. The largest absolute Gasteiger partial charge is 0.469 e. The monoisotopic (exact) mass is 305 g/mol. The fourth-order valence-electron chi connectivity index (χ4n) is 1.19. The molecule has 0 bridgehead atoms. The lowest BCUT2D eigenvalue weighted by Crippen LogP contribution is -2.09. The zero-order valence-electron chi connectivity index (χ0n) is 7.92. The number of ether oxygens (including phenoxy) is 1. The summed E-state index contributed by atoms with van der Waals surface area (Å²) < 4.78 is 5.71. The van der Waals surface area contributed by atoms with Gasteiger partial charge in [-0.1, -0.05) is 6.07 Å². The van der Waals surface area contributed by atoms with Crippen LogP contribution in [0.5, 0.6) is 0 Å². The van der Waals surface area contributed by atoms with Gasteiger partial charge in [-0.2, -0.15) is 0 Å². The lowest BCUT2D eigenvalue weighted by molar-refractivity contribution is -0.139. The van der Waals surface area contributed by atoms with Crippen LogP contribution >= 0.6 is 22.6 Å². The second-order valence-corrected chi connectivity index (χ2v) is 4.12. The molecule has 14 heavy (non-hydrogen) atoms. The molecule has 0 radical (unpaired) electrons. The Balaban J connectivity index is 2.93. The number of hydrogen-bond donors (Lipinski definition) is 1. The second kappa shape index (κ2) is 5.31. The van der Waals surface area contributed by atoms with Gasteiger partial charge in [-0.15, -0.1) is 0 Å². The standard InChI is InChI=1S/C10H12INO2/c1-14-10(13)5-8-4-9(11)3-2-7(8)6-12/h2-4H,5-6,12H2,1H3. The molecule has 0 unspecified atom stereocenters. The highest BCUT2D eigenvalue weighted by Crippen LogP contribution is 2.14. The van der Waals surface area contributed by atoms with E-state index in [-0.39, 0.29) is 5.97 Å². The SMILES string of the molecule is COC(=O)Cc1cc(I)ccc1CN. The Hall–Kier alpha value is -0.620. The number of nitrogens with two attached hydrogens (primary N) is 1. The number of halogens is 1. The van der Waals surface area contributed by atoms with E-state index in [1.807, 2.05) is 18.2 Å². The van der Waals surface area contributed by atoms with Gasteiger partial charge in [-0.25, -0.2) is 0 Å². The molecule has 0 aromatic heterocycles. The summed E-state index contributed by atoms with van der Waals surface area (Å²) in [4.78, 5) is 11.1. The van der Waals surface area contributed by atoms with Gasteiger partial charge in [0.25, 0.3) is 0 Å². The van der Waals surface area contributed by atoms with Gasteiger partial charge >= 0.3 is 5.97 Å². The van der Waals surface area contributed by atoms with Gasteiger partial charge in [-0.3, -0.25) is 4.79 Å². The first-order valence-corrected chi connectivity index (χ1v) is 5.29. The van der Waals surface area contributed by atoms with Crippen molar-refractivity contribution < 1.29 is 9.53 Å². The van der Waals surface area contributed by atoms with Crippen LogP contribution in [0.4, 0.5) is 0 Å². The van der Waals surface area contributed by atoms with Gasteiger partial charge in [0.15, 0.2) is 0 Å². The van der Waals surface area contributed by atoms with Gasteiger partial charge in [0.2, 0.25) is 0 Å². The molecule has 0 saturated heterocycles. The molecule has 0 saturated carbocycles. The summed E-state index contributed by atoms with van der Waals surface area (Å²) in [6, 6.07) is 5.88. The van der Waals surface area contributed by atoms with Crippen molar-refractivity contribution in [1.82, 2.24) is 0 Å². The van der Waals surface area contributed by atoms with Gasteiger partial charge in [0.1, 0.15) is 0 Å². The van der Waals surface area contributed by atoms with Crippen molar-refractivity contribution in [2.45, 2.75) is 13.0 Å². The van der Waals surface area contributed by atoms with Crippen LogP contribution < -0.4 is 5.73 Å². The third-order valence-electron chi connectivity index (χ3n) is 1.95. The lowest BCUT2D eigenvalue weighted by Gasteiger charge is -2.06. The van der Waals surface area contributed by atoms with E-state index in [0.717, 1.165) is 14.7 Å². The van der Waals surface area contributed by atoms with Crippen LogP contribution in [-0.2, 0) is 22.5 Å². The fourth-order valence-corrected chi connectivity index (χ4v) is 1.74. The zero-order valence-corrected chi connectivity index (χ0v) is 10.1. The van der Waals surface area contributed by atoms with Crippen LogP contribution in [0.1, 0.15) is 11.1 Å². The molecule has 0 aliphatic heterocycles. The maximum atomic E-state index is 11.1. The Morgan fingerprint density at radius 1 is 1.50 bits per heavy atom. The molecule has 1 rings (SSSR count). The topological polar surface area (TPSA) is 52.3 Å². The average molecular weight is 305 g/mol. The van der Waals surface area contributed by atoms with Crippen molar-refractivity contribution in [2.24, 2.45) is 5.73 Å². The number of methoxy groups -OCH3 is 1. The van der Waals surface area contributed by atoms with E-state index < -0.39 is 0 Å². The Labute approximate surface area is 96.8 Å². The highest BCUT2D eigenvalue weighted by molar-refractivity contribution is 14.1. The van der Waals surface area contributed by atoms with E-state index in [0.29, 0.717) is 13.0 Å². The van der Waals surface area contributed by atoms with Crippen molar-refractivity contribution in [2.75, 3.05) is 7.11 Å². The Kier molecular flexibility index (Phi) is 4.34. The van der Waals surface area contributed by atoms with Crippen molar-refractivity contribution in [1.29, 1.82) is 0 Å². The summed E-state index contributed by atoms with van der Waals surface area (Å²) in [7, 11) is 1.39. The first kappa shape index (κ1) is 11.5. The lowest BCUT2D eigenvalue weighted by atomic mass is 10.1. The van der Waals surface area contributed by atoms with E-state index in [1.165, 1.54) is 7.11 Å². The maximum absolute atomic E-state index is 11.1. The van der Waals surface area contributed by atoms with Crippen molar-refractivity contribution >= 4 is 28.6 Å². The first-order valence-electron chi connectivity index (χ1n) is 4.21. The highest BCUT2D eigenvalue weighted by Gasteiger charge is 2.07. The molecule has 76 valence electrons. The van der Waals surface area contributed by atoms with E-state index in [9.17, 15) is 4.79 Å². The summed E-state index contributed by atoms with van der Waals surface area (Å²) in [6.07, 6.45) is 0.292. The molecule has 0 fully saturated rings. The molecule has 0 amide bonds. The van der Waals surface area contributed by atoms with Crippen LogP contribution in [-0.4, -0.2) is 13.1 Å². The molecular weight excluding hydrogens is 293 g/mol. The van der Waals surface area contributed by atoms with Crippen LogP contribution in [0, 0.1) is 3.57 Å². The van der Waals surface area contributed by atoms with Crippen LogP contribution in [0.25, 0.3) is 0 Å². The minimum atomic E-state index is -0.235. The molecule has 0 aliphatic carbocycles. The fraction of sp³-hybridized carbons (Fsp3) is 0.300. The van der Waals surface area contributed by atoms with E-state index in [2.05, 4.69) is 27.3 Å². The van der Waals surface area contributed by atoms with Crippen LogP contribution in [0.3, 0.4) is 0 Å². The number of hydrogen-bond acceptors (Lipinski definition) is 3. The highest BCUT2D eigenvalue weighted by atomic mass is 127. The Bertz CT molecular complexity index is 339. The van der Waals surface area contributed by atoms with Crippen LogP contribution in [0.2, 0.25) is 0 Å². The molecule has 1 aromatic rings. The summed E-state index contributed by atoms with van der Waals surface area (Å²) in [5.74, 6) is -0.235. The van der Waals surface area contributed by atoms with Gasteiger partial charge in [-0.05, 0) is 45.9 Å². The van der Waals surface area contributed by atoms with Gasteiger partial charge in [0, 0.05) is 10.1 Å². The molecule has 0 heterocycles. The van der Waals surface area contributed by atoms with Gasteiger partial charge < -0.3 is 10.5 Å². The molecule has 4 heteroatoms. The molecule has 0 atom stereocenters. The number of carbonyl (C=O) groups excluding carboxylic acids is 1. The normalized spacial score (nSPS) is 9.93. The summed E-state index contributed by atoms with van der Waals surface area (Å²) >= 11 is 2.20.